The highest BCUT2D eigenvalue weighted by Gasteiger charge is 2.34. The zero-order valence-electron chi connectivity index (χ0n) is 10.4. The second-order valence-electron chi connectivity index (χ2n) is 5.20. The molecule has 2 N–H and O–H groups in total. The summed E-state index contributed by atoms with van der Waals surface area (Å²) in [6.07, 6.45) is 3.29. The molecule has 92 valence electrons. The number of fused-ring (bicyclic) bond motifs is 2. The highest BCUT2D eigenvalue weighted by atomic mass is 16.5. The van der Waals surface area contributed by atoms with Crippen molar-refractivity contribution in [3.63, 3.8) is 0 Å². The number of hydrogen-bond acceptors (Lipinski definition) is 3. The molecule has 3 rings (SSSR count). The van der Waals surface area contributed by atoms with Gasteiger partial charge in [0.25, 0.3) is 0 Å². The van der Waals surface area contributed by atoms with E-state index in [4.69, 9.17) is 10.5 Å². The number of hydrogen-bond donors (Lipinski definition) is 1. The fourth-order valence-electron chi connectivity index (χ4n) is 2.95. The van der Waals surface area contributed by atoms with Crippen molar-refractivity contribution in [2.75, 3.05) is 18.0 Å². The van der Waals surface area contributed by atoms with Crippen LogP contribution < -0.4 is 10.6 Å². The molecular formula is C14H20N2O. The molecular weight excluding hydrogens is 212 g/mol. The average molecular weight is 232 g/mol. The van der Waals surface area contributed by atoms with E-state index in [0.29, 0.717) is 18.8 Å². The summed E-state index contributed by atoms with van der Waals surface area (Å²) in [5, 5.41) is 0. The summed E-state index contributed by atoms with van der Waals surface area (Å²) < 4.78 is 5.88. The lowest BCUT2D eigenvalue weighted by Gasteiger charge is -2.35. The van der Waals surface area contributed by atoms with E-state index in [0.717, 1.165) is 13.1 Å². The standard InChI is InChI=1S/C14H20N2O/c1-10-2-3-11(7-15)14(6-10)16-8-12-4-5-13(9-16)17-12/h2-3,6,12-13H,4-5,7-9,15H2,1H3. The van der Waals surface area contributed by atoms with Crippen molar-refractivity contribution in [2.24, 2.45) is 5.73 Å². The second kappa shape index (κ2) is 4.31. The van der Waals surface area contributed by atoms with Crippen LogP contribution in [0.25, 0.3) is 0 Å². The highest BCUT2D eigenvalue weighted by Crippen LogP contribution is 2.31. The Morgan fingerprint density at radius 3 is 2.65 bits per heavy atom. The van der Waals surface area contributed by atoms with Crippen molar-refractivity contribution in [3.05, 3.63) is 29.3 Å². The first-order valence-corrected chi connectivity index (χ1v) is 6.46. The van der Waals surface area contributed by atoms with E-state index >= 15 is 0 Å². The van der Waals surface area contributed by atoms with Crippen molar-refractivity contribution >= 4 is 5.69 Å². The maximum Gasteiger partial charge on any atom is 0.0755 e. The van der Waals surface area contributed by atoms with Crippen LogP contribution in [-0.2, 0) is 11.3 Å². The summed E-state index contributed by atoms with van der Waals surface area (Å²) in [5.74, 6) is 0. The van der Waals surface area contributed by atoms with Crippen LogP contribution in [0.5, 0.6) is 0 Å². The fourth-order valence-corrected chi connectivity index (χ4v) is 2.95. The third-order valence-corrected chi connectivity index (χ3v) is 3.84. The van der Waals surface area contributed by atoms with E-state index in [1.807, 2.05) is 0 Å². The Morgan fingerprint density at radius 2 is 2.00 bits per heavy atom. The van der Waals surface area contributed by atoms with Gasteiger partial charge in [-0.1, -0.05) is 12.1 Å². The molecule has 2 unspecified atom stereocenters. The van der Waals surface area contributed by atoms with Crippen molar-refractivity contribution in [2.45, 2.75) is 38.5 Å². The molecule has 3 nitrogen and oxygen atoms in total. The number of rotatable bonds is 2. The molecule has 2 heterocycles. The van der Waals surface area contributed by atoms with Crippen molar-refractivity contribution in [1.29, 1.82) is 0 Å². The molecule has 0 aliphatic carbocycles. The van der Waals surface area contributed by atoms with Gasteiger partial charge in [-0.25, -0.2) is 0 Å². The molecule has 2 bridgehead atoms. The Bertz CT molecular complexity index is 407. The Kier molecular flexibility index (Phi) is 2.81. The van der Waals surface area contributed by atoms with Gasteiger partial charge in [0.2, 0.25) is 0 Å². The molecule has 0 aromatic heterocycles. The zero-order valence-corrected chi connectivity index (χ0v) is 10.4. The summed E-state index contributed by atoms with van der Waals surface area (Å²) in [7, 11) is 0. The van der Waals surface area contributed by atoms with Gasteiger partial charge in [0.05, 0.1) is 12.2 Å². The van der Waals surface area contributed by atoms with Gasteiger partial charge in [-0.15, -0.1) is 0 Å². The normalized spacial score (nSPS) is 27.5. The first-order valence-electron chi connectivity index (χ1n) is 6.46. The van der Waals surface area contributed by atoms with Crippen LogP contribution >= 0.6 is 0 Å². The number of anilines is 1. The fraction of sp³-hybridized carbons (Fsp3) is 0.571. The lowest BCUT2D eigenvalue weighted by atomic mass is 10.1. The smallest absolute Gasteiger partial charge is 0.0755 e. The molecule has 1 aromatic carbocycles. The molecule has 0 radical (unpaired) electrons. The van der Waals surface area contributed by atoms with Gasteiger partial charge in [0.1, 0.15) is 0 Å². The Labute approximate surface area is 103 Å². The Balaban J connectivity index is 1.90. The third-order valence-electron chi connectivity index (χ3n) is 3.84. The van der Waals surface area contributed by atoms with Crippen LogP contribution in [-0.4, -0.2) is 25.3 Å². The number of nitrogens with two attached hydrogens (primary N) is 1. The molecule has 2 saturated heterocycles. The third kappa shape index (κ3) is 2.05. The molecule has 1 aromatic rings. The number of nitrogens with zero attached hydrogens (tertiary/aromatic N) is 1. The van der Waals surface area contributed by atoms with E-state index in [-0.39, 0.29) is 0 Å². The number of ether oxygens (including phenoxy) is 1. The van der Waals surface area contributed by atoms with Gasteiger partial charge in [-0.3, -0.25) is 0 Å². The highest BCUT2D eigenvalue weighted by molar-refractivity contribution is 5.56. The number of benzene rings is 1. The lowest BCUT2D eigenvalue weighted by Crippen LogP contribution is -2.43. The summed E-state index contributed by atoms with van der Waals surface area (Å²) in [6, 6.07) is 6.55. The summed E-state index contributed by atoms with van der Waals surface area (Å²) in [4.78, 5) is 2.46. The predicted octanol–water partition coefficient (Wildman–Crippen LogP) is 1.82. The van der Waals surface area contributed by atoms with Crippen LogP contribution in [0.4, 0.5) is 5.69 Å². The zero-order chi connectivity index (χ0) is 11.8. The molecule has 2 fully saturated rings. The monoisotopic (exact) mass is 232 g/mol. The average Bonchev–Trinajstić information content (AvgIpc) is 2.68. The Hall–Kier alpha value is -1.06. The van der Waals surface area contributed by atoms with Crippen LogP contribution in [0.3, 0.4) is 0 Å². The van der Waals surface area contributed by atoms with Gasteiger partial charge in [0, 0.05) is 25.3 Å². The first-order chi connectivity index (χ1) is 8.26. The number of aryl methyl sites for hydroxylation is 1. The number of morpholine rings is 1. The molecule has 2 aliphatic rings. The molecule has 17 heavy (non-hydrogen) atoms. The SMILES string of the molecule is Cc1ccc(CN)c(N2CC3CCC(C2)O3)c1. The quantitative estimate of drug-likeness (QED) is 0.845. The molecule has 2 aliphatic heterocycles. The molecule has 0 saturated carbocycles. The topological polar surface area (TPSA) is 38.5 Å². The van der Waals surface area contributed by atoms with Crippen LogP contribution in [0.2, 0.25) is 0 Å². The maximum atomic E-state index is 5.88. The maximum absolute atomic E-state index is 5.88. The summed E-state index contributed by atoms with van der Waals surface area (Å²) in [5.41, 5.74) is 9.70. The minimum absolute atomic E-state index is 0.430. The molecule has 0 amide bonds. The van der Waals surface area contributed by atoms with E-state index in [9.17, 15) is 0 Å². The largest absolute Gasteiger partial charge is 0.371 e. The van der Waals surface area contributed by atoms with E-state index in [2.05, 4.69) is 30.0 Å². The lowest BCUT2D eigenvalue weighted by molar-refractivity contribution is 0.0304. The first kappa shape index (κ1) is 11.1. The van der Waals surface area contributed by atoms with Crippen molar-refractivity contribution in [1.82, 2.24) is 0 Å². The minimum atomic E-state index is 0.430. The van der Waals surface area contributed by atoms with Crippen LogP contribution in [0, 0.1) is 6.92 Å². The molecule has 2 atom stereocenters. The summed E-state index contributed by atoms with van der Waals surface area (Å²) in [6.45, 7) is 4.79. The van der Waals surface area contributed by atoms with Crippen LogP contribution in [0.15, 0.2) is 18.2 Å². The summed E-state index contributed by atoms with van der Waals surface area (Å²) >= 11 is 0. The second-order valence-corrected chi connectivity index (χ2v) is 5.20. The van der Waals surface area contributed by atoms with E-state index in [1.54, 1.807) is 0 Å². The Morgan fingerprint density at radius 1 is 1.29 bits per heavy atom. The minimum Gasteiger partial charge on any atom is -0.371 e. The molecule has 3 heteroatoms. The predicted molar refractivity (Wildman–Crippen MR) is 69.2 cm³/mol. The van der Waals surface area contributed by atoms with Gasteiger partial charge in [-0.2, -0.15) is 0 Å². The van der Waals surface area contributed by atoms with Gasteiger partial charge < -0.3 is 15.4 Å². The molecule has 0 spiro atoms. The van der Waals surface area contributed by atoms with Gasteiger partial charge in [-0.05, 0) is 37.0 Å². The van der Waals surface area contributed by atoms with Gasteiger partial charge >= 0.3 is 0 Å². The van der Waals surface area contributed by atoms with Crippen molar-refractivity contribution < 1.29 is 4.74 Å². The van der Waals surface area contributed by atoms with Crippen LogP contribution in [0.1, 0.15) is 24.0 Å². The van der Waals surface area contributed by atoms with Gasteiger partial charge in [0.15, 0.2) is 0 Å². The van der Waals surface area contributed by atoms with E-state index in [1.165, 1.54) is 29.7 Å². The van der Waals surface area contributed by atoms with E-state index < -0.39 is 0 Å². The van der Waals surface area contributed by atoms with Crippen molar-refractivity contribution in [3.8, 4) is 0 Å².